The van der Waals surface area contributed by atoms with E-state index in [1.54, 1.807) is 12.3 Å². The van der Waals surface area contributed by atoms with Gasteiger partial charge in [0, 0.05) is 6.20 Å². The molecule has 0 radical (unpaired) electrons. The van der Waals surface area contributed by atoms with E-state index in [-0.39, 0.29) is 0 Å². The molecule has 1 rings (SSSR count). The maximum Gasteiger partial charge on any atom is 0.0623 e. The molecule has 0 aliphatic heterocycles. The summed E-state index contributed by atoms with van der Waals surface area (Å²) < 4.78 is 0. The lowest BCUT2D eigenvalue weighted by atomic mass is 10.4. The van der Waals surface area contributed by atoms with Gasteiger partial charge >= 0.3 is 0 Å². The molecule has 0 aromatic carbocycles. The summed E-state index contributed by atoms with van der Waals surface area (Å²) in [6.45, 7) is 3.65. The summed E-state index contributed by atoms with van der Waals surface area (Å²) in [5, 5.41) is 0. The van der Waals surface area contributed by atoms with Crippen molar-refractivity contribution in [2.24, 2.45) is 0 Å². The Kier molecular flexibility index (Phi) is 3.58. The van der Waals surface area contributed by atoms with Gasteiger partial charge < -0.3 is 0 Å². The first kappa shape index (κ1) is 8.47. The second kappa shape index (κ2) is 5.08. The van der Waals surface area contributed by atoms with E-state index in [4.69, 9.17) is 0 Å². The minimum atomic E-state index is 0.867. The smallest absolute Gasteiger partial charge is 0.0623 e. The van der Waals surface area contributed by atoms with Crippen LogP contribution < -0.4 is 0 Å². The van der Waals surface area contributed by atoms with Crippen LogP contribution in [-0.2, 0) is 0 Å². The van der Waals surface area contributed by atoms with Gasteiger partial charge in [-0.05, 0) is 18.2 Å². The summed E-state index contributed by atoms with van der Waals surface area (Å²) in [6, 6.07) is 13.5. The molecule has 0 saturated heterocycles. The van der Waals surface area contributed by atoms with Crippen molar-refractivity contribution in [3.05, 3.63) is 60.9 Å². The van der Waals surface area contributed by atoms with Gasteiger partial charge in [-0.1, -0.05) is 36.9 Å². The first-order chi connectivity index (χ1) is 5.93. The molecule has 0 aliphatic carbocycles. The zero-order chi connectivity index (χ0) is 8.65. The zero-order valence-electron chi connectivity index (χ0n) is 6.85. The molecule has 0 N–H and O–H groups in total. The normalized spacial score (nSPS) is 8.33. The van der Waals surface area contributed by atoms with E-state index < -0.39 is 0 Å². The fourth-order valence-electron chi connectivity index (χ4n) is 0.753. The Morgan fingerprint density at radius 2 is 1.67 bits per heavy atom. The minimum Gasteiger partial charge on any atom is -0.257 e. The fourth-order valence-corrected chi connectivity index (χ4v) is 0.753. The van der Waals surface area contributed by atoms with Crippen LogP contribution in [0, 0.1) is 0 Å². The van der Waals surface area contributed by atoms with E-state index >= 15 is 0 Å². The van der Waals surface area contributed by atoms with Crippen molar-refractivity contribution < 1.29 is 0 Å². The molecule has 0 atom stereocenters. The highest BCUT2D eigenvalue weighted by atomic mass is 14.6. The fraction of sp³-hybridized carbons (Fsp3) is 0. The Hall–Kier alpha value is -1.63. The lowest BCUT2D eigenvalue weighted by Gasteiger charge is -1.82. The van der Waals surface area contributed by atoms with Crippen molar-refractivity contribution in [3.63, 3.8) is 0 Å². The number of hydrogen-bond donors (Lipinski definition) is 0. The van der Waals surface area contributed by atoms with Gasteiger partial charge in [-0.25, -0.2) is 0 Å². The van der Waals surface area contributed by atoms with Crippen LogP contribution in [0.25, 0.3) is 6.08 Å². The molecule has 0 fully saturated rings. The van der Waals surface area contributed by atoms with Gasteiger partial charge in [-0.2, -0.15) is 0 Å². The zero-order valence-corrected chi connectivity index (χ0v) is 6.85. The van der Waals surface area contributed by atoms with Gasteiger partial charge in [0.15, 0.2) is 0 Å². The van der Waals surface area contributed by atoms with Crippen LogP contribution >= 0.6 is 0 Å². The molecular weight excluding hydrogens is 146 g/mol. The van der Waals surface area contributed by atoms with Crippen LogP contribution in [-0.4, -0.2) is 4.98 Å². The maximum absolute atomic E-state index is 4.15. The minimum absolute atomic E-state index is 0.867. The standard InChI is InChI=1S/C11H11N/c1-2-11-9-7-5-3-4-6-8-10-12-11/h2-10H,1H2. The van der Waals surface area contributed by atoms with E-state index in [0.717, 1.165) is 5.69 Å². The molecule has 0 bridgehead atoms. The highest BCUT2D eigenvalue weighted by Gasteiger charge is 1.75. The molecule has 0 aliphatic rings. The van der Waals surface area contributed by atoms with Gasteiger partial charge in [0.2, 0.25) is 0 Å². The van der Waals surface area contributed by atoms with Gasteiger partial charge in [-0.3, -0.25) is 4.98 Å². The van der Waals surface area contributed by atoms with Crippen molar-refractivity contribution >= 4 is 6.08 Å². The molecule has 0 amide bonds. The third-order valence-electron chi connectivity index (χ3n) is 1.34. The van der Waals surface area contributed by atoms with Crippen molar-refractivity contribution in [2.45, 2.75) is 0 Å². The Balaban J connectivity index is 3.15. The van der Waals surface area contributed by atoms with Gasteiger partial charge in [-0.15, -0.1) is 0 Å². The molecular formula is C11H11N. The van der Waals surface area contributed by atoms with Crippen LogP contribution in [0.5, 0.6) is 0 Å². The van der Waals surface area contributed by atoms with Crippen LogP contribution in [0.2, 0.25) is 0 Å². The van der Waals surface area contributed by atoms with Crippen molar-refractivity contribution in [3.8, 4) is 0 Å². The molecule has 12 heavy (non-hydrogen) atoms. The van der Waals surface area contributed by atoms with Crippen LogP contribution in [0.4, 0.5) is 0 Å². The molecule has 1 heterocycles. The Morgan fingerprint density at radius 1 is 1.00 bits per heavy atom. The molecule has 0 saturated carbocycles. The molecule has 0 unspecified atom stereocenters. The Morgan fingerprint density at radius 3 is 2.42 bits per heavy atom. The summed E-state index contributed by atoms with van der Waals surface area (Å²) >= 11 is 0. The highest BCUT2D eigenvalue weighted by molar-refractivity contribution is 5.39. The van der Waals surface area contributed by atoms with Crippen LogP contribution in [0.15, 0.2) is 55.2 Å². The average molecular weight is 157 g/mol. The highest BCUT2D eigenvalue weighted by Crippen LogP contribution is 1.90. The number of aromatic nitrogens is 1. The number of nitrogens with zero attached hydrogens (tertiary/aromatic N) is 1. The predicted octanol–water partition coefficient (Wildman–Crippen LogP) is 2.85. The summed E-state index contributed by atoms with van der Waals surface area (Å²) in [4.78, 5) is 4.15. The predicted molar refractivity (Wildman–Crippen MR) is 52.0 cm³/mol. The Bertz CT molecular complexity index is 279. The van der Waals surface area contributed by atoms with Gasteiger partial charge in [0.25, 0.3) is 0 Å². The van der Waals surface area contributed by atoms with Gasteiger partial charge in [0.1, 0.15) is 0 Å². The first-order valence-electron chi connectivity index (χ1n) is 3.80. The second-order valence-electron chi connectivity index (χ2n) is 2.23. The summed E-state index contributed by atoms with van der Waals surface area (Å²) in [6.07, 6.45) is 3.47. The van der Waals surface area contributed by atoms with Gasteiger partial charge in [0.05, 0.1) is 5.69 Å². The van der Waals surface area contributed by atoms with Crippen molar-refractivity contribution in [1.82, 2.24) is 4.98 Å². The van der Waals surface area contributed by atoms with E-state index in [1.807, 2.05) is 42.5 Å². The topological polar surface area (TPSA) is 12.9 Å². The molecule has 0 spiro atoms. The summed E-state index contributed by atoms with van der Waals surface area (Å²) in [5.74, 6) is 0. The average Bonchev–Trinajstić information content (AvgIpc) is 2.14. The molecule has 1 aromatic rings. The largest absolute Gasteiger partial charge is 0.257 e. The SMILES string of the molecule is C=Cc1ccccccccn1. The second-order valence-corrected chi connectivity index (χ2v) is 2.23. The van der Waals surface area contributed by atoms with E-state index in [0.29, 0.717) is 0 Å². The molecule has 1 nitrogen and oxygen atoms in total. The molecule has 1 heteroatoms. The monoisotopic (exact) mass is 157 g/mol. The van der Waals surface area contributed by atoms with Crippen molar-refractivity contribution in [2.75, 3.05) is 0 Å². The summed E-state index contributed by atoms with van der Waals surface area (Å²) in [5.41, 5.74) is 0.867. The molecule has 60 valence electrons. The van der Waals surface area contributed by atoms with Crippen molar-refractivity contribution in [1.29, 1.82) is 0 Å². The lowest BCUT2D eigenvalue weighted by Crippen LogP contribution is -1.70. The van der Waals surface area contributed by atoms with Crippen LogP contribution in [0.1, 0.15) is 5.69 Å². The lowest BCUT2D eigenvalue weighted by molar-refractivity contribution is 1.32. The quantitative estimate of drug-likeness (QED) is 0.610. The van der Waals surface area contributed by atoms with E-state index in [2.05, 4.69) is 11.6 Å². The van der Waals surface area contributed by atoms with Crippen LogP contribution in [0.3, 0.4) is 0 Å². The Labute approximate surface area is 72.7 Å². The maximum atomic E-state index is 4.15. The first-order valence-corrected chi connectivity index (χ1v) is 3.80. The third-order valence-corrected chi connectivity index (χ3v) is 1.34. The van der Waals surface area contributed by atoms with E-state index in [9.17, 15) is 0 Å². The number of hydrogen-bond acceptors (Lipinski definition) is 1. The number of rotatable bonds is 1. The van der Waals surface area contributed by atoms with E-state index in [1.165, 1.54) is 0 Å². The third kappa shape index (κ3) is 2.97. The molecule has 1 aromatic heterocycles. The summed E-state index contributed by atoms with van der Waals surface area (Å²) in [7, 11) is 0.